The smallest absolute Gasteiger partial charge is 0.123 e. The number of nitrogens with zero attached hydrogens (tertiary/aromatic N) is 1. The van der Waals surface area contributed by atoms with E-state index in [1.165, 1.54) is 6.07 Å². The van der Waals surface area contributed by atoms with Crippen LogP contribution in [-0.4, -0.2) is 29.2 Å². The first-order valence-corrected chi connectivity index (χ1v) is 6.14. The van der Waals surface area contributed by atoms with Crippen LogP contribution in [0, 0.1) is 12.7 Å². The van der Waals surface area contributed by atoms with Gasteiger partial charge in [-0.25, -0.2) is 4.39 Å². The Balaban J connectivity index is 2.71. The predicted octanol–water partition coefficient (Wildman–Crippen LogP) is 2.73. The number of aryl methyl sites for hydroxylation is 1. The molecule has 0 atom stereocenters. The van der Waals surface area contributed by atoms with Gasteiger partial charge >= 0.3 is 0 Å². The van der Waals surface area contributed by atoms with Gasteiger partial charge in [-0.15, -0.1) is 0 Å². The molecule has 0 bridgehead atoms. The second kappa shape index (κ2) is 6.72. The molecule has 0 unspecified atom stereocenters. The van der Waals surface area contributed by atoms with Crippen molar-refractivity contribution in [2.24, 2.45) is 0 Å². The van der Waals surface area contributed by atoms with E-state index < -0.39 is 0 Å². The van der Waals surface area contributed by atoms with Gasteiger partial charge in [-0.3, -0.25) is 4.90 Å². The minimum absolute atomic E-state index is 0.183. The van der Waals surface area contributed by atoms with Gasteiger partial charge in [-0.2, -0.15) is 0 Å². The zero-order chi connectivity index (χ0) is 12.8. The van der Waals surface area contributed by atoms with E-state index in [1.807, 2.05) is 13.0 Å². The van der Waals surface area contributed by atoms with Gasteiger partial charge in [-0.1, -0.05) is 6.07 Å². The number of hydrogen-bond donors (Lipinski definition) is 1. The standard InChI is InChI=1S/C14H22FNO/c1-11(2)16(7-4-8-17)10-13-5-6-14(15)9-12(13)3/h5-6,9,11,17H,4,7-8,10H2,1-3H3. The summed E-state index contributed by atoms with van der Waals surface area (Å²) < 4.78 is 13.0. The zero-order valence-electron chi connectivity index (χ0n) is 10.9. The molecule has 0 saturated heterocycles. The minimum atomic E-state index is -0.183. The topological polar surface area (TPSA) is 23.5 Å². The molecule has 2 nitrogen and oxygen atoms in total. The third-order valence-electron chi connectivity index (χ3n) is 3.01. The van der Waals surface area contributed by atoms with Gasteiger partial charge in [0.25, 0.3) is 0 Å². The van der Waals surface area contributed by atoms with Crippen LogP contribution in [0.3, 0.4) is 0 Å². The van der Waals surface area contributed by atoms with Gasteiger partial charge in [0.05, 0.1) is 0 Å². The fourth-order valence-corrected chi connectivity index (χ4v) is 1.85. The first-order valence-electron chi connectivity index (χ1n) is 6.14. The molecule has 1 aromatic carbocycles. The lowest BCUT2D eigenvalue weighted by atomic mass is 10.1. The van der Waals surface area contributed by atoms with Gasteiger partial charge < -0.3 is 5.11 Å². The van der Waals surface area contributed by atoms with Crippen LogP contribution < -0.4 is 0 Å². The van der Waals surface area contributed by atoms with E-state index in [4.69, 9.17) is 5.11 Å². The maximum Gasteiger partial charge on any atom is 0.123 e. The van der Waals surface area contributed by atoms with E-state index in [1.54, 1.807) is 6.07 Å². The molecule has 17 heavy (non-hydrogen) atoms. The largest absolute Gasteiger partial charge is 0.396 e. The molecule has 0 spiro atoms. The maximum absolute atomic E-state index is 13.0. The van der Waals surface area contributed by atoms with Crippen molar-refractivity contribution in [3.63, 3.8) is 0 Å². The number of halogens is 1. The summed E-state index contributed by atoms with van der Waals surface area (Å²) >= 11 is 0. The average molecular weight is 239 g/mol. The summed E-state index contributed by atoms with van der Waals surface area (Å²) in [7, 11) is 0. The highest BCUT2D eigenvalue weighted by molar-refractivity contribution is 5.26. The minimum Gasteiger partial charge on any atom is -0.396 e. The number of hydrogen-bond acceptors (Lipinski definition) is 2. The molecule has 3 heteroatoms. The molecule has 0 aliphatic heterocycles. The Morgan fingerprint density at radius 1 is 1.35 bits per heavy atom. The van der Waals surface area contributed by atoms with E-state index >= 15 is 0 Å². The molecular weight excluding hydrogens is 217 g/mol. The van der Waals surface area contributed by atoms with Crippen molar-refractivity contribution in [2.45, 2.75) is 39.8 Å². The van der Waals surface area contributed by atoms with Crippen molar-refractivity contribution >= 4 is 0 Å². The maximum atomic E-state index is 13.0. The molecule has 1 N–H and O–H groups in total. The Morgan fingerprint density at radius 3 is 2.59 bits per heavy atom. The lowest BCUT2D eigenvalue weighted by Gasteiger charge is -2.27. The zero-order valence-corrected chi connectivity index (χ0v) is 10.9. The SMILES string of the molecule is Cc1cc(F)ccc1CN(CCCO)C(C)C. The first kappa shape index (κ1) is 14.1. The molecule has 0 fully saturated rings. The van der Waals surface area contributed by atoms with E-state index in [-0.39, 0.29) is 12.4 Å². The monoisotopic (exact) mass is 239 g/mol. The van der Waals surface area contributed by atoms with Gasteiger partial charge in [0.2, 0.25) is 0 Å². The summed E-state index contributed by atoms with van der Waals surface area (Å²) in [6, 6.07) is 5.34. The Morgan fingerprint density at radius 2 is 2.06 bits per heavy atom. The molecular formula is C14H22FNO. The lowest BCUT2D eigenvalue weighted by molar-refractivity contribution is 0.184. The molecule has 0 amide bonds. The number of aliphatic hydroxyl groups excluding tert-OH is 1. The Kier molecular flexibility index (Phi) is 5.59. The normalized spacial score (nSPS) is 11.5. The number of benzene rings is 1. The highest BCUT2D eigenvalue weighted by Gasteiger charge is 2.11. The third-order valence-corrected chi connectivity index (χ3v) is 3.01. The molecule has 0 saturated carbocycles. The average Bonchev–Trinajstić information content (AvgIpc) is 2.26. The number of aliphatic hydroxyl groups is 1. The molecule has 0 heterocycles. The highest BCUT2D eigenvalue weighted by atomic mass is 19.1. The van der Waals surface area contributed by atoms with Crippen molar-refractivity contribution in [1.29, 1.82) is 0 Å². The van der Waals surface area contributed by atoms with Crippen LogP contribution in [0.25, 0.3) is 0 Å². The second-order valence-electron chi connectivity index (χ2n) is 4.71. The van der Waals surface area contributed by atoms with Crippen LogP contribution in [0.5, 0.6) is 0 Å². The highest BCUT2D eigenvalue weighted by Crippen LogP contribution is 2.14. The Hall–Kier alpha value is -0.930. The van der Waals surface area contributed by atoms with Gasteiger partial charge in [-0.05, 0) is 50.5 Å². The van der Waals surface area contributed by atoms with Gasteiger partial charge in [0, 0.05) is 25.7 Å². The van der Waals surface area contributed by atoms with Crippen LogP contribution in [-0.2, 0) is 6.54 Å². The van der Waals surface area contributed by atoms with Crippen LogP contribution in [0.1, 0.15) is 31.4 Å². The lowest BCUT2D eigenvalue weighted by Crippen LogP contribution is -2.32. The van der Waals surface area contributed by atoms with Crippen LogP contribution in [0.4, 0.5) is 4.39 Å². The van der Waals surface area contributed by atoms with E-state index in [2.05, 4.69) is 18.7 Å². The summed E-state index contributed by atoms with van der Waals surface area (Å²) in [4.78, 5) is 2.29. The third kappa shape index (κ3) is 4.44. The van der Waals surface area contributed by atoms with Gasteiger partial charge in [0.1, 0.15) is 5.82 Å². The first-order chi connectivity index (χ1) is 8.04. The summed E-state index contributed by atoms with van der Waals surface area (Å²) in [6.07, 6.45) is 0.776. The molecule has 0 radical (unpaired) electrons. The van der Waals surface area contributed by atoms with Crippen molar-refractivity contribution < 1.29 is 9.50 Å². The fraction of sp³-hybridized carbons (Fsp3) is 0.571. The second-order valence-corrected chi connectivity index (χ2v) is 4.71. The Labute approximate surface area is 103 Å². The molecule has 0 aromatic heterocycles. The Bertz CT molecular complexity index is 352. The van der Waals surface area contributed by atoms with Crippen molar-refractivity contribution in [3.05, 3.63) is 35.1 Å². The molecule has 96 valence electrons. The van der Waals surface area contributed by atoms with Crippen molar-refractivity contribution in [1.82, 2.24) is 4.90 Å². The van der Waals surface area contributed by atoms with E-state index in [9.17, 15) is 4.39 Å². The quantitative estimate of drug-likeness (QED) is 0.825. The summed E-state index contributed by atoms with van der Waals surface area (Å²) in [5.41, 5.74) is 2.14. The van der Waals surface area contributed by atoms with Crippen molar-refractivity contribution in [3.8, 4) is 0 Å². The molecule has 0 aliphatic rings. The van der Waals surface area contributed by atoms with E-state index in [0.717, 1.165) is 30.6 Å². The molecule has 0 aliphatic carbocycles. The predicted molar refractivity (Wildman–Crippen MR) is 68.4 cm³/mol. The summed E-state index contributed by atoms with van der Waals surface area (Å²) in [5, 5.41) is 8.88. The molecule has 1 rings (SSSR count). The van der Waals surface area contributed by atoms with E-state index in [0.29, 0.717) is 6.04 Å². The summed E-state index contributed by atoms with van der Waals surface area (Å²) in [6.45, 7) is 8.09. The van der Waals surface area contributed by atoms with Crippen LogP contribution in [0.15, 0.2) is 18.2 Å². The summed E-state index contributed by atoms with van der Waals surface area (Å²) in [5.74, 6) is -0.183. The molecule has 1 aromatic rings. The number of rotatable bonds is 6. The van der Waals surface area contributed by atoms with Crippen LogP contribution >= 0.6 is 0 Å². The van der Waals surface area contributed by atoms with Gasteiger partial charge in [0.15, 0.2) is 0 Å². The fourth-order valence-electron chi connectivity index (χ4n) is 1.85. The van der Waals surface area contributed by atoms with Crippen molar-refractivity contribution in [2.75, 3.05) is 13.2 Å². The van der Waals surface area contributed by atoms with Crippen LogP contribution in [0.2, 0.25) is 0 Å².